The fourth-order valence-electron chi connectivity index (χ4n) is 1.77. The highest BCUT2D eigenvalue weighted by molar-refractivity contribution is 8.18. The maximum Gasteiger partial charge on any atom is 0.212 e. The molecule has 0 saturated carbocycles. The van der Waals surface area contributed by atoms with Gasteiger partial charge in [0, 0.05) is 0 Å². The van der Waals surface area contributed by atoms with Crippen LogP contribution in [0.3, 0.4) is 0 Å². The number of rotatable bonds is 4. The molecule has 0 spiro atoms. The molecule has 4 heteroatoms. The van der Waals surface area contributed by atoms with Crippen molar-refractivity contribution in [3.8, 4) is 0 Å². The Balaban J connectivity index is 2.45. The predicted octanol–water partition coefficient (Wildman–Crippen LogP) is 4.13. The van der Waals surface area contributed by atoms with Gasteiger partial charge < -0.3 is 0 Å². The molecule has 0 aliphatic rings. The zero-order chi connectivity index (χ0) is 14.6. The van der Waals surface area contributed by atoms with Crippen LogP contribution >= 0.6 is 11.8 Å². The number of thioether (sulfide) groups is 1. The molecule has 0 atom stereocenters. The Hall–Kier alpha value is -1.52. The molecule has 2 aromatic rings. The van der Waals surface area contributed by atoms with Crippen molar-refractivity contribution in [2.75, 3.05) is 6.26 Å². The van der Waals surface area contributed by atoms with Gasteiger partial charge in [0.05, 0.1) is 4.90 Å². The van der Waals surface area contributed by atoms with E-state index in [1.54, 1.807) is 24.5 Å². The van der Waals surface area contributed by atoms with Crippen LogP contribution in [0, 0.1) is 6.92 Å². The highest BCUT2D eigenvalue weighted by Crippen LogP contribution is 2.29. The zero-order valence-electron chi connectivity index (χ0n) is 11.4. The van der Waals surface area contributed by atoms with Crippen LogP contribution in [0.5, 0.6) is 0 Å². The minimum Gasteiger partial charge on any atom is -0.218 e. The predicted molar refractivity (Wildman–Crippen MR) is 86.3 cm³/mol. The van der Waals surface area contributed by atoms with Gasteiger partial charge in [-0.05, 0) is 37.0 Å². The van der Waals surface area contributed by atoms with Crippen molar-refractivity contribution in [2.45, 2.75) is 11.8 Å². The summed E-state index contributed by atoms with van der Waals surface area (Å²) in [6.45, 7) is 1.94. The SMILES string of the molecule is CSC(=Cc1ccccc1)S(=O)(=O)c1ccc(C)cc1. The summed E-state index contributed by atoms with van der Waals surface area (Å²) in [5.74, 6) is 0. The van der Waals surface area contributed by atoms with Crippen molar-refractivity contribution in [1.29, 1.82) is 0 Å². The summed E-state index contributed by atoms with van der Waals surface area (Å²) >= 11 is 1.24. The van der Waals surface area contributed by atoms with Crippen molar-refractivity contribution < 1.29 is 8.42 Å². The molecule has 0 fully saturated rings. The summed E-state index contributed by atoms with van der Waals surface area (Å²) in [5, 5.41) is 0. The van der Waals surface area contributed by atoms with Gasteiger partial charge in [-0.2, -0.15) is 0 Å². The Morgan fingerprint density at radius 3 is 2.15 bits per heavy atom. The first kappa shape index (κ1) is 14.9. The summed E-state index contributed by atoms with van der Waals surface area (Å²) in [6, 6.07) is 16.4. The largest absolute Gasteiger partial charge is 0.218 e. The van der Waals surface area contributed by atoms with Gasteiger partial charge in [0.15, 0.2) is 0 Å². The van der Waals surface area contributed by atoms with Gasteiger partial charge in [-0.1, -0.05) is 48.0 Å². The lowest BCUT2D eigenvalue weighted by molar-refractivity contribution is 0.604. The molecule has 104 valence electrons. The average Bonchev–Trinajstić information content (AvgIpc) is 2.46. The minimum absolute atomic E-state index is 0.333. The molecule has 0 saturated heterocycles. The van der Waals surface area contributed by atoms with Gasteiger partial charge in [-0.15, -0.1) is 11.8 Å². The molecule has 0 aromatic heterocycles. The van der Waals surface area contributed by atoms with Crippen LogP contribution < -0.4 is 0 Å². The minimum atomic E-state index is -3.44. The summed E-state index contributed by atoms with van der Waals surface area (Å²) < 4.78 is 25.5. The lowest BCUT2D eigenvalue weighted by atomic mass is 10.2. The molecule has 20 heavy (non-hydrogen) atoms. The highest BCUT2D eigenvalue weighted by atomic mass is 32.3. The number of benzene rings is 2. The van der Waals surface area contributed by atoms with Crippen LogP contribution in [0.15, 0.2) is 63.7 Å². The van der Waals surface area contributed by atoms with E-state index in [1.807, 2.05) is 49.4 Å². The van der Waals surface area contributed by atoms with Crippen molar-refractivity contribution >= 4 is 27.7 Å². The van der Waals surface area contributed by atoms with Gasteiger partial charge in [0.25, 0.3) is 0 Å². The van der Waals surface area contributed by atoms with Crippen molar-refractivity contribution in [2.24, 2.45) is 0 Å². The van der Waals surface area contributed by atoms with Crippen LogP contribution in [0.2, 0.25) is 0 Å². The third-order valence-electron chi connectivity index (χ3n) is 2.88. The fourth-order valence-corrected chi connectivity index (χ4v) is 4.20. The summed E-state index contributed by atoms with van der Waals surface area (Å²) in [5.41, 5.74) is 1.93. The van der Waals surface area contributed by atoms with E-state index in [-0.39, 0.29) is 0 Å². The van der Waals surface area contributed by atoms with E-state index in [0.717, 1.165) is 11.1 Å². The molecule has 0 unspecified atom stereocenters. The van der Waals surface area contributed by atoms with E-state index in [0.29, 0.717) is 9.13 Å². The van der Waals surface area contributed by atoms with E-state index in [1.165, 1.54) is 11.8 Å². The molecule has 2 aromatic carbocycles. The smallest absolute Gasteiger partial charge is 0.212 e. The first-order chi connectivity index (χ1) is 9.54. The van der Waals surface area contributed by atoms with E-state index in [2.05, 4.69) is 0 Å². The number of hydrogen-bond acceptors (Lipinski definition) is 3. The van der Waals surface area contributed by atoms with Crippen LogP contribution in [0.4, 0.5) is 0 Å². The molecule has 0 radical (unpaired) electrons. The van der Waals surface area contributed by atoms with Crippen molar-refractivity contribution in [1.82, 2.24) is 0 Å². The van der Waals surface area contributed by atoms with E-state index in [9.17, 15) is 8.42 Å². The highest BCUT2D eigenvalue weighted by Gasteiger charge is 2.19. The molecule has 2 nitrogen and oxygen atoms in total. The third kappa shape index (κ3) is 3.32. The summed E-state index contributed by atoms with van der Waals surface area (Å²) in [4.78, 5) is 0.333. The van der Waals surface area contributed by atoms with Crippen molar-refractivity contribution in [3.63, 3.8) is 0 Å². The van der Waals surface area contributed by atoms with Crippen molar-refractivity contribution in [3.05, 3.63) is 70.0 Å². The van der Waals surface area contributed by atoms with Gasteiger partial charge in [-0.3, -0.25) is 0 Å². The topological polar surface area (TPSA) is 34.1 Å². The Bertz CT molecular complexity index is 700. The van der Waals surface area contributed by atoms with E-state index in [4.69, 9.17) is 0 Å². The second kappa shape index (κ2) is 6.29. The first-order valence-corrected chi connectivity index (χ1v) is 8.87. The molecule has 0 heterocycles. The van der Waals surface area contributed by atoms with Gasteiger partial charge >= 0.3 is 0 Å². The summed E-state index contributed by atoms with van der Waals surface area (Å²) in [6.07, 6.45) is 3.49. The maximum atomic E-state index is 12.6. The van der Waals surface area contributed by atoms with Crippen LogP contribution in [-0.2, 0) is 9.84 Å². The normalized spacial score (nSPS) is 12.4. The molecule has 0 bridgehead atoms. The van der Waals surface area contributed by atoms with Gasteiger partial charge in [0.1, 0.15) is 4.24 Å². The number of hydrogen-bond donors (Lipinski definition) is 0. The lowest BCUT2D eigenvalue weighted by Crippen LogP contribution is -2.02. The maximum absolute atomic E-state index is 12.6. The van der Waals surface area contributed by atoms with Crippen LogP contribution in [0.25, 0.3) is 6.08 Å². The quantitative estimate of drug-likeness (QED) is 0.851. The molecule has 0 N–H and O–H groups in total. The molecular weight excluding hydrogens is 288 g/mol. The monoisotopic (exact) mass is 304 g/mol. The first-order valence-electron chi connectivity index (χ1n) is 6.16. The third-order valence-corrected chi connectivity index (χ3v) is 6.10. The zero-order valence-corrected chi connectivity index (χ0v) is 13.0. The summed E-state index contributed by atoms with van der Waals surface area (Å²) in [7, 11) is -3.44. The van der Waals surface area contributed by atoms with Gasteiger partial charge in [0.2, 0.25) is 9.84 Å². The molecule has 0 aliphatic carbocycles. The number of sulfone groups is 1. The Morgan fingerprint density at radius 1 is 1.00 bits per heavy atom. The van der Waals surface area contributed by atoms with E-state index < -0.39 is 9.84 Å². The Kier molecular flexibility index (Phi) is 4.68. The molecular formula is C16H16O2S2. The number of aryl methyl sites for hydroxylation is 1. The molecule has 0 aliphatic heterocycles. The van der Waals surface area contributed by atoms with E-state index >= 15 is 0 Å². The Labute approximate surface area is 124 Å². The Morgan fingerprint density at radius 2 is 1.60 bits per heavy atom. The molecule has 2 rings (SSSR count). The standard InChI is InChI=1S/C16H16O2S2/c1-13-8-10-15(11-9-13)20(17,18)16(19-2)12-14-6-4-3-5-7-14/h3-12H,1-2H3. The fraction of sp³-hybridized carbons (Fsp3) is 0.125. The second-order valence-corrected chi connectivity index (χ2v) is 7.42. The lowest BCUT2D eigenvalue weighted by Gasteiger charge is -2.07. The van der Waals surface area contributed by atoms with Crippen LogP contribution in [-0.4, -0.2) is 14.7 Å². The second-order valence-electron chi connectivity index (χ2n) is 4.39. The molecule has 0 amide bonds. The van der Waals surface area contributed by atoms with Crippen LogP contribution in [0.1, 0.15) is 11.1 Å². The average molecular weight is 304 g/mol. The van der Waals surface area contributed by atoms with Gasteiger partial charge in [-0.25, -0.2) is 8.42 Å².